The molecule has 0 saturated heterocycles. The van der Waals surface area contributed by atoms with E-state index in [1.54, 1.807) is 13.2 Å². The predicted molar refractivity (Wildman–Crippen MR) is 127 cm³/mol. The summed E-state index contributed by atoms with van der Waals surface area (Å²) in [6, 6.07) is 27.7. The molecule has 0 unspecified atom stereocenters. The van der Waals surface area contributed by atoms with E-state index < -0.39 is 11.7 Å². The van der Waals surface area contributed by atoms with Crippen molar-refractivity contribution in [2.24, 2.45) is 0 Å². The molecule has 34 heavy (non-hydrogen) atoms. The Morgan fingerprint density at radius 2 is 1.44 bits per heavy atom. The molecule has 0 fully saturated rings. The van der Waals surface area contributed by atoms with Crippen molar-refractivity contribution in [3.8, 4) is 5.75 Å². The van der Waals surface area contributed by atoms with Crippen LogP contribution in [-0.2, 0) is 32.4 Å². The van der Waals surface area contributed by atoms with Crippen LogP contribution in [0.4, 0.5) is 13.2 Å². The molecule has 0 radical (unpaired) electrons. The van der Waals surface area contributed by atoms with Crippen molar-refractivity contribution in [2.45, 2.75) is 32.4 Å². The first kappa shape index (κ1) is 23.6. The Morgan fingerprint density at radius 1 is 0.735 bits per heavy atom. The fourth-order valence-corrected chi connectivity index (χ4v) is 4.06. The molecular formula is C28H27F3N2O. The van der Waals surface area contributed by atoms with Crippen LogP contribution in [-0.4, -0.2) is 16.6 Å². The molecule has 0 aliphatic rings. The van der Waals surface area contributed by atoms with E-state index >= 15 is 0 Å². The van der Waals surface area contributed by atoms with E-state index in [1.807, 2.05) is 59.3 Å². The van der Waals surface area contributed by atoms with Crippen LogP contribution in [0.2, 0.25) is 0 Å². The lowest BCUT2D eigenvalue weighted by atomic mass is 10.1. The fraction of sp³-hybridized carbons (Fsp3) is 0.214. The molecule has 0 aliphatic heterocycles. The quantitative estimate of drug-likeness (QED) is 0.272. The maximum atomic E-state index is 13.1. The van der Waals surface area contributed by atoms with E-state index in [0.29, 0.717) is 25.2 Å². The maximum Gasteiger partial charge on any atom is 0.416 e. The van der Waals surface area contributed by atoms with Crippen LogP contribution in [0, 0.1) is 0 Å². The molecule has 0 bridgehead atoms. The highest BCUT2D eigenvalue weighted by Gasteiger charge is 2.30. The summed E-state index contributed by atoms with van der Waals surface area (Å²) in [4.78, 5) is 2.32. The number of benzene rings is 3. The zero-order valence-corrected chi connectivity index (χ0v) is 19.0. The van der Waals surface area contributed by atoms with E-state index in [2.05, 4.69) is 23.1 Å². The minimum absolute atomic E-state index is 0.380. The van der Waals surface area contributed by atoms with Crippen LogP contribution >= 0.6 is 0 Å². The highest BCUT2D eigenvalue weighted by Crippen LogP contribution is 2.30. The van der Waals surface area contributed by atoms with Crippen molar-refractivity contribution >= 4 is 0 Å². The number of methoxy groups -OCH3 is 1. The highest BCUT2D eigenvalue weighted by molar-refractivity contribution is 5.29. The normalized spacial score (nSPS) is 11.7. The molecule has 0 N–H and O–H groups in total. The zero-order chi connectivity index (χ0) is 24.0. The lowest BCUT2D eigenvalue weighted by molar-refractivity contribution is -0.137. The minimum Gasteiger partial charge on any atom is -0.497 e. The summed E-state index contributed by atoms with van der Waals surface area (Å²) in [5.41, 5.74) is 3.36. The fourth-order valence-electron chi connectivity index (χ4n) is 4.06. The summed E-state index contributed by atoms with van der Waals surface area (Å²) < 4.78 is 46.8. The standard InChI is InChI=1S/C28H27F3N2O/c1-34-27-14-6-11-24(17-27)19-32(18-22-8-3-2-4-9-22)21-26-13-7-15-33(26)20-23-10-5-12-25(16-23)28(29,30)31/h2-17H,18-21H2,1H3. The van der Waals surface area contributed by atoms with Crippen molar-refractivity contribution in [3.63, 3.8) is 0 Å². The summed E-state index contributed by atoms with van der Waals surface area (Å²) in [6.45, 7) is 2.48. The summed E-state index contributed by atoms with van der Waals surface area (Å²) in [6.07, 6.45) is -2.43. The monoisotopic (exact) mass is 464 g/mol. The van der Waals surface area contributed by atoms with Crippen LogP contribution in [0.1, 0.15) is 27.9 Å². The Morgan fingerprint density at radius 3 is 2.21 bits per heavy atom. The van der Waals surface area contributed by atoms with E-state index in [1.165, 1.54) is 17.7 Å². The predicted octanol–water partition coefficient (Wildman–Crippen LogP) is 6.77. The van der Waals surface area contributed by atoms with Crippen LogP contribution in [0.5, 0.6) is 5.75 Å². The number of nitrogens with zero attached hydrogens (tertiary/aromatic N) is 2. The summed E-state index contributed by atoms with van der Waals surface area (Å²) in [5.74, 6) is 0.810. The first-order valence-electron chi connectivity index (χ1n) is 11.1. The van der Waals surface area contributed by atoms with E-state index in [-0.39, 0.29) is 0 Å². The zero-order valence-electron chi connectivity index (χ0n) is 19.0. The van der Waals surface area contributed by atoms with Crippen LogP contribution < -0.4 is 4.74 Å². The first-order chi connectivity index (χ1) is 16.4. The van der Waals surface area contributed by atoms with E-state index in [0.717, 1.165) is 29.6 Å². The number of rotatable bonds is 9. The molecular weight excluding hydrogens is 437 g/mol. The van der Waals surface area contributed by atoms with Crippen LogP contribution in [0.15, 0.2) is 97.2 Å². The lowest BCUT2D eigenvalue weighted by Crippen LogP contribution is -2.24. The van der Waals surface area contributed by atoms with Gasteiger partial charge in [-0.2, -0.15) is 13.2 Å². The van der Waals surface area contributed by atoms with Crippen molar-refractivity contribution in [2.75, 3.05) is 7.11 Å². The molecule has 3 nitrogen and oxygen atoms in total. The minimum atomic E-state index is -4.35. The molecule has 0 spiro atoms. The number of halogens is 3. The third kappa shape index (κ3) is 6.29. The van der Waals surface area contributed by atoms with E-state index in [9.17, 15) is 13.2 Å². The molecule has 0 atom stereocenters. The van der Waals surface area contributed by atoms with Crippen molar-refractivity contribution in [1.82, 2.24) is 9.47 Å². The number of aromatic nitrogens is 1. The third-order valence-electron chi connectivity index (χ3n) is 5.71. The van der Waals surface area contributed by atoms with Gasteiger partial charge in [-0.25, -0.2) is 0 Å². The van der Waals surface area contributed by atoms with Gasteiger partial charge in [-0.1, -0.05) is 54.6 Å². The molecule has 6 heteroatoms. The highest BCUT2D eigenvalue weighted by atomic mass is 19.4. The van der Waals surface area contributed by atoms with Gasteiger partial charge < -0.3 is 9.30 Å². The average molecular weight is 465 g/mol. The smallest absolute Gasteiger partial charge is 0.416 e. The van der Waals surface area contributed by atoms with Gasteiger partial charge in [0.15, 0.2) is 0 Å². The lowest BCUT2D eigenvalue weighted by Gasteiger charge is -2.24. The van der Waals surface area contributed by atoms with Crippen molar-refractivity contribution in [1.29, 1.82) is 0 Å². The Balaban J connectivity index is 1.55. The van der Waals surface area contributed by atoms with Gasteiger partial charge in [0.2, 0.25) is 0 Å². The maximum absolute atomic E-state index is 13.1. The largest absolute Gasteiger partial charge is 0.497 e. The summed E-state index contributed by atoms with van der Waals surface area (Å²) in [5, 5.41) is 0. The van der Waals surface area contributed by atoms with Crippen molar-refractivity contribution < 1.29 is 17.9 Å². The molecule has 3 aromatic carbocycles. The molecule has 4 rings (SSSR count). The molecule has 4 aromatic rings. The Hall–Kier alpha value is -3.51. The first-order valence-corrected chi connectivity index (χ1v) is 11.1. The molecule has 1 aromatic heterocycles. The number of ether oxygens (including phenoxy) is 1. The van der Waals surface area contributed by atoms with Gasteiger partial charge in [-0.3, -0.25) is 4.90 Å². The van der Waals surface area contributed by atoms with Gasteiger partial charge in [0.1, 0.15) is 5.75 Å². The van der Waals surface area contributed by atoms with Crippen LogP contribution in [0.25, 0.3) is 0 Å². The second-order valence-electron chi connectivity index (χ2n) is 8.31. The Bertz CT molecular complexity index is 1200. The van der Waals surface area contributed by atoms with Gasteiger partial charge >= 0.3 is 6.18 Å². The topological polar surface area (TPSA) is 17.4 Å². The van der Waals surface area contributed by atoms with Crippen molar-refractivity contribution in [3.05, 3.63) is 125 Å². The number of alkyl halides is 3. The van der Waals surface area contributed by atoms with Gasteiger partial charge in [0.05, 0.1) is 12.7 Å². The Labute approximate surface area is 198 Å². The van der Waals surface area contributed by atoms with E-state index in [4.69, 9.17) is 4.74 Å². The van der Waals surface area contributed by atoms with Gasteiger partial charge in [0.25, 0.3) is 0 Å². The second-order valence-corrected chi connectivity index (χ2v) is 8.31. The molecule has 0 aliphatic carbocycles. The molecule has 1 heterocycles. The van der Waals surface area contributed by atoms with Crippen LogP contribution in [0.3, 0.4) is 0 Å². The molecule has 0 amide bonds. The summed E-state index contributed by atoms with van der Waals surface area (Å²) in [7, 11) is 1.65. The Kier molecular flexibility index (Phi) is 7.38. The van der Waals surface area contributed by atoms with Gasteiger partial charge in [-0.05, 0) is 53.1 Å². The molecule has 0 saturated carbocycles. The summed E-state index contributed by atoms with van der Waals surface area (Å²) >= 11 is 0. The average Bonchev–Trinajstić information content (AvgIpc) is 3.25. The molecule has 176 valence electrons. The number of hydrogen-bond acceptors (Lipinski definition) is 2. The van der Waals surface area contributed by atoms with Gasteiger partial charge in [-0.15, -0.1) is 0 Å². The third-order valence-corrected chi connectivity index (χ3v) is 5.71. The second kappa shape index (κ2) is 10.6. The van der Waals surface area contributed by atoms with Gasteiger partial charge in [0, 0.05) is 38.1 Å². The SMILES string of the molecule is COc1cccc(CN(Cc2ccccc2)Cc2cccn2Cc2cccc(C(F)(F)F)c2)c1. The number of hydrogen-bond donors (Lipinski definition) is 0.